The first-order valence-electron chi connectivity index (χ1n) is 9.58. The Bertz CT molecular complexity index is 736. The van der Waals surface area contributed by atoms with Gasteiger partial charge in [-0.15, -0.1) is 6.58 Å². The Morgan fingerprint density at radius 1 is 1.25 bits per heavy atom. The largest absolute Gasteiger partial charge is 0.467 e. The predicted octanol–water partition coefficient (Wildman–Crippen LogP) is 2.85. The summed E-state index contributed by atoms with van der Waals surface area (Å²) in [6.07, 6.45) is 3.61. The van der Waals surface area contributed by atoms with Gasteiger partial charge in [-0.1, -0.05) is 36.4 Å². The predicted molar refractivity (Wildman–Crippen MR) is 102 cm³/mol. The normalized spacial score (nSPS) is 23.9. The molecular formula is C21H26N2O5. The second-order valence-corrected chi connectivity index (χ2v) is 7.03. The molecule has 7 nitrogen and oxygen atoms in total. The van der Waals surface area contributed by atoms with Crippen molar-refractivity contribution in [1.29, 1.82) is 0 Å². The number of piperidine rings is 1. The Hall–Kier alpha value is -2.83. The van der Waals surface area contributed by atoms with E-state index in [0.29, 0.717) is 25.7 Å². The molecule has 0 aliphatic carbocycles. The minimum Gasteiger partial charge on any atom is -0.467 e. The van der Waals surface area contributed by atoms with Crippen LogP contribution >= 0.6 is 0 Å². The van der Waals surface area contributed by atoms with E-state index >= 15 is 0 Å². The van der Waals surface area contributed by atoms with Crippen LogP contribution in [0.4, 0.5) is 4.79 Å². The van der Waals surface area contributed by atoms with Crippen LogP contribution in [0.15, 0.2) is 43.0 Å². The number of hydrogen-bond donors (Lipinski definition) is 0. The molecule has 3 rings (SSSR count). The first kappa shape index (κ1) is 19.9. The van der Waals surface area contributed by atoms with Crippen LogP contribution in [-0.4, -0.2) is 53.1 Å². The average Bonchev–Trinajstić information content (AvgIpc) is 3.02. The first-order chi connectivity index (χ1) is 13.6. The zero-order valence-corrected chi connectivity index (χ0v) is 16.1. The summed E-state index contributed by atoms with van der Waals surface area (Å²) in [6.45, 7) is 3.84. The molecule has 28 heavy (non-hydrogen) atoms. The zero-order chi connectivity index (χ0) is 20.1. The molecule has 2 saturated heterocycles. The molecule has 0 unspecified atom stereocenters. The number of rotatable bonds is 6. The highest BCUT2D eigenvalue weighted by atomic mass is 16.6. The van der Waals surface area contributed by atoms with E-state index in [0.717, 1.165) is 12.0 Å². The molecular weight excluding hydrogens is 360 g/mol. The molecule has 0 spiro atoms. The zero-order valence-electron chi connectivity index (χ0n) is 16.1. The van der Waals surface area contributed by atoms with Gasteiger partial charge < -0.3 is 14.4 Å². The van der Waals surface area contributed by atoms with E-state index < -0.39 is 30.3 Å². The lowest BCUT2D eigenvalue weighted by atomic mass is 10.0. The number of carbonyl (C=O) groups excluding carboxylic acids is 3. The number of nitrogens with zero attached hydrogens (tertiary/aromatic N) is 2. The smallest absolute Gasteiger partial charge is 0.412 e. The summed E-state index contributed by atoms with van der Waals surface area (Å²) in [7, 11) is 1.31. The fraction of sp³-hybridized carbons (Fsp3) is 0.476. The maximum absolute atomic E-state index is 13.1. The fourth-order valence-corrected chi connectivity index (χ4v) is 4.00. The van der Waals surface area contributed by atoms with E-state index in [-0.39, 0.29) is 12.5 Å². The monoisotopic (exact) mass is 386 g/mol. The summed E-state index contributed by atoms with van der Waals surface area (Å²) in [5.74, 6) is -0.668. The number of esters is 1. The van der Waals surface area contributed by atoms with Gasteiger partial charge in [0.15, 0.2) is 0 Å². The molecule has 0 saturated carbocycles. The quantitative estimate of drug-likeness (QED) is 0.555. The Balaban J connectivity index is 1.81. The van der Waals surface area contributed by atoms with Crippen molar-refractivity contribution >= 4 is 18.0 Å². The van der Waals surface area contributed by atoms with Crippen LogP contribution in [0.5, 0.6) is 0 Å². The highest BCUT2D eigenvalue weighted by Crippen LogP contribution is 2.36. The van der Waals surface area contributed by atoms with Gasteiger partial charge in [0.1, 0.15) is 24.9 Å². The van der Waals surface area contributed by atoms with Crippen molar-refractivity contribution in [3.8, 4) is 0 Å². The van der Waals surface area contributed by atoms with E-state index in [2.05, 4.69) is 6.58 Å². The van der Waals surface area contributed by atoms with Crippen LogP contribution in [0.3, 0.4) is 0 Å². The van der Waals surface area contributed by atoms with Crippen LogP contribution in [0, 0.1) is 0 Å². The summed E-state index contributed by atoms with van der Waals surface area (Å²) in [5, 5.41) is 0. The summed E-state index contributed by atoms with van der Waals surface area (Å²) < 4.78 is 10.4. The number of fused-ring (bicyclic) bond motifs is 1. The van der Waals surface area contributed by atoms with Gasteiger partial charge in [0.25, 0.3) is 0 Å². The van der Waals surface area contributed by atoms with Crippen LogP contribution < -0.4 is 0 Å². The molecule has 7 heteroatoms. The van der Waals surface area contributed by atoms with Gasteiger partial charge in [0.2, 0.25) is 5.91 Å². The number of allylic oxidation sites excluding steroid dienone is 1. The number of benzene rings is 1. The Labute approximate surface area is 164 Å². The molecule has 2 aliphatic rings. The van der Waals surface area contributed by atoms with Gasteiger partial charge >= 0.3 is 12.1 Å². The lowest BCUT2D eigenvalue weighted by Crippen LogP contribution is -2.53. The number of ether oxygens (including phenoxy) is 2. The van der Waals surface area contributed by atoms with Crippen molar-refractivity contribution in [3.63, 3.8) is 0 Å². The van der Waals surface area contributed by atoms with Crippen LogP contribution in [0.1, 0.15) is 37.7 Å². The Morgan fingerprint density at radius 2 is 2.00 bits per heavy atom. The molecule has 1 aromatic rings. The van der Waals surface area contributed by atoms with Crippen LogP contribution in [0.25, 0.3) is 0 Å². The summed E-state index contributed by atoms with van der Waals surface area (Å²) in [6, 6.07) is 8.07. The second-order valence-electron chi connectivity index (χ2n) is 7.03. The van der Waals surface area contributed by atoms with Crippen molar-refractivity contribution in [2.24, 2.45) is 0 Å². The molecule has 0 aromatic heterocycles. The van der Waals surface area contributed by atoms with Gasteiger partial charge in [-0.2, -0.15) is 0 Å². The summed E-state index contributed by atoms with van der Waals surface area (Å²) in [4.78, 5) is 41.2. The number of amides is 2. The van der Waals surface area contributed by atoms with Crippen molar-refractivity contribution < 1.29 is 23.9 Å². The van der Waals surface area contributed by atoms with E-state index in [4.69, 9.17) is 9.47 Å². The number of hydrogen-bond acceptors (Lipinski definition) is 5. The highest BCUT2D eigenvalue weighted by molar-refractivity contribution is 5.93. The van der Waals surface area contributed by atoms with E-state index in [1.54, 1.807) is 6.08 Å². The average molecular weight is 386 g/mol. The Morgan fingerprint density at radius 3 is 2.68 bits per heavy atom. The third kappa shape index (κ3) is 3.88. The molecule has 3 atom stereocenters. The molecule has 1 aromatic carbocycles. The first-order valence-corrected chi connectivity index (χ1v) is 9.58. The standard InChI is InChI=1S/C21H26N2O5/c1-3-4-11-16-19(24)22-17(20(25)27-2)12-8-13-18(22)23(16)21(26)28-14-15-9-6-5-7-10-15/h3,5-7,9-10,16-18H,1,4,8,11-14H2,2H3/t16-,17-,18+/m0/s1. The summed E-state index contributed by atoms with van der Waals surface area (Å²) >= 11 is 0. The molecule has 2 aliphatic heterocycles. The van der Waals surface area contributed by atoms with Gasteiger partial charge in [0.05, 0.1) is 7.11 Å². The number of carbonyl (C=O) groups is 3. The van der Waals surface area contributed by atoms with Gasteiger partial charge in [-0.25, -0.2) is 9.59 Å². The van der Waals surface area contributed by atoms with Gasteiger partial charge in [-0.3, -0.25) is 9.69 Å². The van der Waals surface area contributed by atoms with Gasteiger partial charge in [0, 0.05) is 0 Å². The molecule has 0 bridgehead atoms. The highest BCUT2D eigenvalue weighted by Gasteiger charge is 2.54. The van der Waals surface area contributed by atoms with Crippen molar-refractivity contribution in [2.45, 2.75) is 57.0 Å². The van der Waals surface area contributed by atoms with E-state index in [9.17, 15) is 14.4 Å². The van der Waals surface area contributed by atoms with Crippen LogP contribution in [0.2, 0.25) is 0 Å². The van der Waals surface area contributed by atoms with Crippen molar-refractivity contribution in [3.05, 3.63) is 48.6 Å². The van der Waals surface area contributed by atoms with Gasteiger partial charge in [-0.05, 0) is 37.7 Å². The van der Waals surface area contributed by atoms with Crippen LogP contribution in [-0.2, 0) is 25.7 Å². The maximum Gasteiger partial charge on any atom is 0.412 e. The minimum atomic E-state index is -0.658. The minimum absolute atomic E-state index is 0.131. The maximum atomic E-state index is 13.1. The molecule has 2 amide bonds. The summed E-state index contributed by atoms with van der Waals surface area (Å²) in [5.41, 5.74) is 0.872. The molecule has 0 N–H and O–H groups in total. The molecule has 2 fully saturated rings. The fourth-order valence-electron chi connectivity index (χ4n) is 4.00. The third-order valence-electron chi connectivity index (χ3n) is 5.33. The van der Waals surface area contributed by atoms with E-state index in [1.807, 2.05) is 30.3 Å². The van der Waals surface area contributed by atoms with E-state index in [1.165, 1.54) is 16.9 Å². The topological polar surface area (TPSA) is 76.2 Å². The molecule has 150 valence electrons. The number of methoxy groups -OCH3 is 1. The Kier molecular flexibility index (Phi) is 6.34. The second kappa shape index (κ2) is 8.91. The van der Waals surface area contributed by atoms with Crippen molar-refractivity contribution in [1.82, 2.24) is 9.80 Å². The SMILES string of the molecule is C=CCC[C@H]1C(=O)N2[C@@H](CCC[C@H]2C(=O)OC)N1C(=O)OCc1ccccc1. The lowest BCUT2D eigenvalue weighted by molar-refractivity contribution is -0.155. The van der Waals surface area contributed by atoms with Crippen molar-refractivity contribution in [2.75, 3.05) is 7.11 Å². The molecule has 2 heterocycles. The molecule has 0 radical (unpaired) electrons. The third-order valence-corrected chi connectivity index (χ3v) is 5.33. The lowest BCUT2D eigenvalue weighted by Gasteiger charge is -2.37.